The minimum Gasteiger partial charge on any atom is -0.493 e. The first-order valence-corrected chi connectivity index (χ1v) is 8.74. The average molecular weight is 377 g/mol. The van der Waals surface area contributed by atoms with Crippen molar-refractivity contribution >= 4 is 23.5 Å². The Morgan fingerprint density at radius 2 is 2.04 bits per heavy atom. The summed E-state index contributed by atoms with van der Waals surface area (Å²) in [7, 11) is 3.01. The van der Waals surface area contributed by atoms with Crippen molar-refractivity contribution < 1.29 is 14.3 Å². The van der Waals surface area contributed by atoms with E-state index < -0.39 is 0 Å². The first-order chi connectivity index (χ1) is 12.6. The standard InChI is InChI=1S/C18H21ClN4O3/c1-25-15-10-12(9-14(19)16(15)26-2)17(24)22-13-5-3-8-23(11-13)18-20-6-4-7-21-18/h4,6-7,9-10,13H,3,5,8,11H2,1-2H3,(H,22,24). The number of benzene rings is 1. The SMILES string of the molecule is COc1cc(C(=O)NC2CCCN(c3ncccn3)C2)cc(Cl)c1OC. The number of anilines is 1. The number of methoxy groups -OCH3 is 2. The minimum absolute atomic E-state index is 0.00642. The molecule has 1 unspecified atom stereocenters. The highest BCUT2D eigenvalue weighted by Crippen LogP contribution is 2.36. The van der Waals surface area contributed by atoms with Crippen LogP contribution >= 0.6 is 11.6 Å². The van der Waals surface area contributed by atoms with Crippen LogP contribution in [-0.4, -0.2) is 49.2 Å². The van der Waals surface area contributed by atoms with Crippen LogP contribution in [0.15, 0.2) is 30.6 Å². The molecule has 0 spiro atoms. The van der Waals surface area contributed by atoms with E-state index in [9.17, 15) is 4.79 Å². The van der Waals surface area contributed by atoms with E-state index in [1.807, 2.05) is 0 Å². The second-order valence-electron chi connectivity index (χ2n) is 6.00. The van der Waals surface area contributed by atoms with Crippen LogP contribution in [0.25, 0.3) is 0 Å². The van der Waals surface area contributed by atoms with Crippen LogP contribution in [0.5, 0.6) is 11.5 Å². The molecule has 8 heteroatoms. The Labute approximate surface area is 157 Å². The summed E-state index contributed by atoms with van der Waals surface area (Å²) in [6.07, 6.45) is 5.29. The summed E-state index contributed by atoms with van der Waals surface area (Å²) >= 11 is 6.19. The number of hydrogen-bond donors (Lipinski definition) is 1. The number of piperidine rings is 1. The Bertz CT molecular complexity index is 773. The molecular formula is C18H21ClN4O3. The van der Waals surface area contributed by atoms with Gasteiger partial charge in [-0.15, -0.1) is 0 Å². The van der Waals surface area contributed by atoms with Crippen LogP contribution in [0.3, 0.4) is 0 Å². The molecule has 0 bridgehead atoms. The van der Waals surface area contributed by atoms with Gasteiger partial charge in [0.15, 0.2) is 11.5 Å². The predicted octanol–water partition coefficient (Wildman–Crippen LogP) is 2.55. The number of hydrogen-bond acceptors (Lipinski definition) is 6. The number of carbonyl (C=O) groups excluding carboxylic acids is 1. The van der Waals surface area contributed by atoms with E-state index in [4.69, 9.17) is 21.1 Å². The fraction of sp³-hybridized carbons (Fsp3) is 0.389. The number of nitrogens with one attached hydrogen (secondary N) is 1. The van der Waals surface area contributed by atoms with Gasteiger partial charge in [0.05, 0.1) is 19.2 Å². The summed E-state index contributed by atoms with van der Waals surface area (Å²) in [4.78, 5) is 23.3. The third-order valence-corrected chi connectivity index (χ3v) is 4.57. The Morgan fingerprint density at radius 3 is 2.73 bits per heavy atom. The number of aromatic nitrogens is 2. The van der Waals surface area contributed by atoms with Crippen LogP contribution in [-0.2, 0) is 0 Å². The molecule has 1 N–H and O–H groups in total. The van der Waals surface area contributed by atoms with Crippen molar-refractivity contribution in [3.63, 3.8) is 0 Å². The summed E-state index contributed by atoms with van der Waals surface area (Å²) < 4.78 is 10.5. The summed E-state index contributed by atoms with van der Waals surface area (Å²) in [6.45, 7) is 1.54. The zero-order valence-electron chi connectivity index (χ0n) is 14.7. The zero-order chi connectivity index (χ0) is 18.5. The van der Waals surface area contributed by atoms with Crippen LogP contribution in [0.4, 0.5) is 5.95 Å². The van der Waals surface area contributed by atoms with Crippen molar-refractivity contribution in [3.05, 3.63) is 41.2 Å². The number of carbonyl (C=O) groups is 1. The molecule has 2 heterocycles. The van der Waals surface area contributed by atoms with Crippen molar-refractivity contribution in [1.82, 2.24) is 15.3 Å². The first kappa shape index (κ1) is 18.3. The number of amides is 1. The summed E-state index contributed by atoms with van der Waals surface area (Å²) in [5.74, 6) is 1.32. The topological polar surface area (TPSA) is 76.6 Å². The van der Waals surface area contributed by atoms with E-state index in [1.54, 1.807) is 30.6 Å². The van der Waals surface area contributed by atoms with E-state index in [2.05, 4.69) is 20.2 Å². The van der Waals surface area contributed by atoms with E-state index in [1.165, 1.54) is 14.2 Å². The third kappa shape index (κ3) is 3.99. The van der Waals surface area contributed by atoms with Gasteiger partial charge in [-0.1, -0.05) is 11.6 Å². The fourth-order valence-corrected chi connectivity index (χ4v) is 3.34. The molecule has 3 rings (SSSR count). The molecule has 26 heavy (non-hydrogen) atoms. The van der Waals surface area contributed by atoms with Gasteiger partial charge in [0, 0.05) is 37.1 Å². The molecule has 1 aliphatic heterocycles. The second kappa shape index (κ2) is 8.23. The molecule has 0 aliphatic carbocycles. The van der Waals surface area contributed by atoms with Gasteiger partial charge in [-0.05, 0) is 31.0 Å². The van der Waals surface area contributed by atoms with Crippen LogP contribution in [0.1, 0.15) is 23.2 Å². The lowest BCUT2D eigenvalue weighted by Gasteiger charge is -2.33. The highest BCUT2D eigenvalue weighted by atomic mass is 35.5. The first-order valence-electron chi connectivity index (χ1n) is 8.36. The normalized spacial score (nSPS) is 16.9. The highest BCUT2D eigenvalue weighted by Gasteiger charge is 2.24. The van der Waals surface area contributed by atoms with Crippen molar-refractivity contribution in [1.29, 1.82) is 0 Å². The summed E-state index contributed by atoms with van der Waals surface area (Å²) in [6, 6.07) is 5.00. The number of rotatable bonds is 5. The monoisotopic (exact) mass is 376 g/mol. The molecule has 0 radical (unpaired) electrons. The molecule has 1 fully saturated rings. The van der Waals surface area contributed by atoms with Gasteiger partial charge >= 0.3 is 0 Å². The van der Waals surface area contributed by atoms with Gasteiger partial charge in [0.1, 0.15) is 0 Å². The maximum Gasteiger partial charge on any atom is 0.251 e. The molecule has 1 aromatic carbocycles. The van der Waals surface area contributed by atoms with Crippen LogP contribution in [0.2, 0.25) is 5.02 Å². The molecule has 138 valence electrons. The lowest BCUT2D eigenvalue weighted by Crippen LogP contribution is -2.48. The smallest absolute Gasteiger partial charge is 0.251 e. The van der Waals surface area contributed by atoms with E-state index >= 15 is 0 Å². The Kier molecular flexibility index (Phi) is 5.78. The molecule has 1 saturated heterocycles. The number of nitrogens with zero attached hydrogens (tertiary/aromatic N) is 3. The van der Waals surface area contributed by atoms with Crippen molar-refractivity contribution in [2.24, 2.45) is 0 Å². The quantitative estimate of drug-likeness (QED) is 0.864. The molecule has 0 saturated carbocycles. The molecule has 7 nitrogen and oxygen atoms in total. The van der Waals surface area contributed by atoms with Crippen LogP contribution < -0.4 is 19.7 Å². The highest BCUT2D eigenvalue weighted by molar-refractivity contribution is 6.32. The Hall–Kier alpha value is -2.54. The lowest BCUT2D eigenvalue weighted by atomic mass is 10.1. The van der Waals surface area contributed by atoms with Gasteiger partial charge < -0.3 is 19.7 Å². The van der Waals surface area contributed by atoms with Gasteiger partial charge in [0.25, 0.3) is 5.91 Å². The van der Waals surface area contributed by atoms with Crippen molar-refractivity contribution in [2.45, 2.75) is 18.9 Å². The maximum absolute atomic E-state index is 12.7. The van der Waals surface area contributed by atoms with Gasteiger partial charge in [-0.2, -0.15) is 0 Å². The summed E-state index contributed by atoms with van der Waals surface area (Å²) in [5.41, 5.74) is 0.431. The molecule has 1 atom stereocenters. The van der Waals surface area contributed by atoms with Crippen molar-refractivity contribution in [2.75, 3.05) is 32.2 Å². The predicted molar refractivity (Wildman–Crippen MR) is 99.3 cm³/mol. The average Bonchev–Trinajstić information content (AvgIpc) is 2.68. The van der Waals surface area contributed by atoms with Crippen LogP contribution in [0, 0.1) is 0 Å². The fourth-order valence-electron chi connectivity index (χ4n) is 3.05. The van der Waals surface area contributed by atoms with E-state index in [0.29, 0.717) is 34.6 Å². The molecule has 1 aliphatic rings. The largest absolute Gasteiger partial charge is 0.493 e. The molecule has 1 amide bonds. The maximum atomic E-state index is 12.7. The zero-order valence-corrected chi connectivity index (χ0v) is 15.5. The molecule has 1 aromatic heterocycles. The Balaban J connectivity index is 1.70. The number of ether oxygens (including phenoxy) is 2. The Morgan fingerprint density at radius 1 is 1.27 bits per heavy atom. The van der Waals surface area contributed by atoms with Gasteiger partial charge in [-0.25, -0.2) is 9.97 Å². The number of halogens is 1. The second-order valence-corrected chi connectivity index (χ2v) is 6.41. The van der Waals surface area contributed by atoms with E-state index in [-0.39, 0.29) is 11.9 Å². The molecular weight excluding hydrogens is 356 g/mol. The summed E-state index contributed by atoms with van der Waals surface area (Å²) in [5, 5.41) is 3.39. The van der Waals surface area contributed by atoms with Gasteiger partial charge in [-0.3, -0.25) is 4.79 Å². The molecule has 2 aromatic rings. The third-order valence-electron chi connectivity index (χ3n) is 4.29. The van der Waals surface area contributed by atoms with E-state index in [0.717, 1.165) is 19.4 Å². The minimum atomic E-state index is -0.200. The lowest BCUT2D eigenvalue weighted by molar-refractivity contribution is 0.0932. The van der Waals surface area contributed by atoms with Gasteiger partial charge in [0.2, 0.25) is 5.95 Å². The van der Waals surface area contributed by atoms with Crippen molar-refractivity contribution in [3.8, 4) is 11.5 Å².